The second-order valence-corrected chi connectivity index (χ2v) is 7.61. The van der Waals surface area contributed by atoms with Gasteiger partial charge in [-0.2, -0.15) is 9.40 Å². The lowest BCUT2D eigenvalue weighted by molar-refractivity contribution is 0.260. The van der Waals surface area contributed by atoms with E-state index in [1.54, 1.807) is 11.2 Å². The molecule has 1 aliphatic carbocycles. The Morgan fingerprint density at radius 1 is 1.40 bits per heavy atom. The number of hydrogen-bond donors (Lipinski definition) is 2. The van der Waals surface area contributed by atoms with Gasteiger partial charge in [0, 0.05) is 19.1 Å². The maximum atomic E-state index is 12.6. The number of aromatic nitrogens is 2. The van der Waals surface area contributed by atoms with Crippen molar-refractivity contribution in [2.45, 2.75) is 37.1 Å². The maximum Gasteiger partial charge on any atom is 0.246 e. The van der Waals surface area contributed by atoms with Crippen molar-refractivity contribution in [2.24, 2.45) is 17.6 Å². The lowest BCUT2D eigenvalue weighted by Gasteiger charge is -2.29. The van der Waals surface area contributed by atoms with E-state index in [9.17, 15) is 8.42 Å². The highest BCUT2D eigenvalue weighted by molar-refractivity contribution is 7.89. The molecule has 2 heterocycles. The van der Waals surface area contributed by atoms with Gasteiger partial charge in [0.25, 0.3) is 0 Å². The van der Waals surface area contributed by atoms with Crippen molar-refractivity contribution >= 4 is 22.4 Å². The van der Waals surface area contributed by atoms with E-state index in [4.69, 9.17) is 5.73 Å². The molecule has 1 aromatic rings. The third kappa shape index (κ3) is 2.47. The lowest BCUT2D eigenvalue weighted by Crippen LogP contribution is -2.38. The molecule has 0 radical (unpaired) electrons. The van der Waals surface area contributed by atoms with E-state index in [0.717, 1.165) is 19.3 Å². The molecule has 3 N–H and O–H groups in total. The van der Waals surface area contributed by atoms with Gasteiger partial charge in [-0.15, -0.1) is 12.4 Å². The van der Waals surface area contributed by atoms with E-state index >= 15 is 0 Å². The van der Waals surface area contributed by atoms with E-state index in [1.807, 2.05) is 0 Å². The van der Waals surface area contributed by atoms with Crippen molar-refractivity contribution < 1.29 is 8.42 Å². The van der Waals surface area contributed by atoms with E-state index < -0.39 is 10.0 Å². The second kappa shape index (κ2) is 5.63. The van der Waals surface area contributed by atoms with Crippen LogP contribution in [0.5, 0.6) is 0 Å². The van der Waals surface area contributed by atoms with Gasteiger partial charge in [-0.25, -0.2) is 8.42 Å². The minimum absolute atomic E-state index is 0. The molecule has 2 fully saturated rings. The molecular weight excluding hydrogens is 300 g/mol. The highest BCUT2D eigenvalue weighted by atomic mass is 35.5. The number of halogens is 1. The molecule has 1 saturated carbocycles. The predicted molar refractivity (Wildman–Crippen MR) is 78.1 cm³/mol. The van der Waals surface area contributed by atoms with Crippen molar-refractivity contribution in [3.05, 3.63) is 11.9 Å². The third-order valence-electron chi connectivity index (χ3n) is 4.52. The van der Waals surface area contributed by atoms with Gasteiger partial charge < -0.3 is 5.73 Å². The molecule has 20 heavy (non-hydrogen) atoms. The Morgan fingerprint density at radius 3 is 2.75 bits per heavy atom. The van der Waals surface area contributed by atoms with Gasteiger partial charge in [-0.1, -0.05) is 6.42 Å². The molecule has 0 amide bonds. The Hall–Kier alpha value is -0.630. The highest BCUT2D eigenvalue weighted by Gasteiger charge is 2.43. The van der Waals surface area contributed by atoms with E-state index in [-0.39, 0.29) is 18.4 Å². The first-order chi connectivity index (χ1) is 9.00. The van der Waals surface area contributed by atoms with Crippen LogP contribution in [-0.4, -0.2) is 42.1 Å². The molecule has 114 valence electrons. The average molecular weight is 321 g/mol. The molecule has 0 spiro atoms. The van der Waals surface area contributed by atoms with Crippen LogP contribution in [-0.2, 0) is 10.0 Å². The van der Waals surface area contributed by atoms with Crippen LogP contribution in [0.2, 0.25) is 0 Å². The molecule has 1 aromatic heterocycles. The summed E-state index contributed by atoms with van der Waals surface area (Å²) in [5, 5.41) is 6.50. The Kier molecular flexibility index (Phi) is 4.44. The number of sulfonamides is 1. The normalized spacial score (nSPS) is 30.8. The first kappa shape index (κ1) is 15.8. The Bertz CT molecular complexity index is 574. The van der Waals surface area contributed by atoms with E-state index in [0.29, 0.717) is 35.5 Å². The van der Waals surface area contributed by atoms with Crippen LogP contribution in [0.3, 0.4) is 0 Å². The monoisotopic (exact) mass is 320 g/mol. The molecule has 3 unspecified atom stereocenters. The number of rotatable bonds is 2. The van der Waals surface area contributed by atoms with Crippen molar-refractivity contribution in [3.63, 3.8) is 0 Å². The quantitative estimate of drug-likeness (QED) is 0.846. The maximum absolute atomic E-state index is 12.6. The summed E-state index contributed by atoms with van der Waals surface area (Å²) >= 11 is 0. The number of H-pyrrole nitrogens is 1. The predicted octanol–water partition coefficient (Wildman–Crippen LogP) is 0.888. The molecule has 1 saturated heterocycles. The highest BCUT2D eigenvalue weighted by Crippen LogP contribution is 2.37. The zero-order valence-corrected chi connectivity index (χ0v) is 13.1. The zero-order valence-electron chi connectivity index (χ0n) is 11.4. The van der Waals surface area contributed by atoms with Crippen LogP contribution < -0.4 is 5.73 Å². The van der Waals surface area contributed by atoms with Crippen LogP contribution in [0.15, 0.2) is 11.1 Å². The molecule has 2 aliphatic rings. The number of nitrogens with one attached hydrogen (secondary N) is 1. The topological polar surface area (TPSA) is 92.1 Å². The van der Waals surface area contributed by atoms with Crippen LogP contribution in [0.25, 0.3) is 0 Å². The molecule has 1 aliphatic heterocycles. The van der Waals surface area contributed by atoms with Crippen molar-refractivity contribution in [3.8, 4) is 0 Å². The van der Waals surface area contributed by atoms with Crippen molar-refractivity contribution in [1.82, 2.24) is 14.5 Å². The van der Waals surface area contributed by atoms with Crippen molar-refractivity contribution in [1.29, 1.82) is 0 Å². The molecule has 3 rings (SSSR count). The first-order valence-corrected chi connectivity index (χ1v) is 8.20. The second-order valence-electron chi connectivity index (χ2n) is 5.70. The smallest absolute Gasteiger partial charge is 0.246 e. The number of nitrogens with zero attached hydrogens (tertiary/aromatic N) is 2. The van der Waals surface area contributed by atoms with Gasteiger partial charge in [-0.05, 0) is 31.6 Å². The Morgan fingerprint density at radius 2 is 2.15 bits per heavy atom. The summed E-state index contributed by atoms with van der Waals surface area (Å²) in [6.07, 6.45) is 4.61. The largest absolute Gasteiger partial charge is 0.327 e. The minimum atomic E-state index is -3.42. The Balaban J connectivity index is 0.00000147. The third-order valence-corrected chi connectivity index (χ3v) is 6.47. The molecule has 0 bridgehead atoms. The van der Waals surface area contributed by atoms with Crippen molar-refractivity contribution in [2.75, 3.05) is 13.1 Å². The minimum Gasteiger partial charge on any atom is -0.327 e. The van der Waals surface area contributed by atoms with Crippen LogP contribution in [0, 0.1) is 18.8 Å². The SMILES string of the molecule is Cc1[nH]ncc1S(=O)(=O)N1CC2CCCC(N)C2C1.Cl. The fourth-order valence-electron chi connectivity index (χ4n) is 3.41. The summed E-state index contributed by atoms with van der Waals surface area (Å²) in [7, 11) is -3.42. The van der Waals surface area contributed by atoms with Gasteiger partial charge in [0.15, 0.2) is 0 Å². The van der Waals surface area contributed by atoms with Crippen LogP contribution >= 0.6 is 12.4 Å². The van der Waals surface area contributed by atoms with E-state index in [2.05, 4.69) is 10.2 Å². The summed E-state index contributed by atoms with van der Waals surface area (Å²) < 4.78 is 26.8. The summed E-state index contributed by atoms with van der Waals surface area (Å²) in [4.78, 5) is 0.291. The number of hydrogen-bond acceptors (Lipinski definition) is 4. The summed E-state index contributed by atoms with van der Waals surface area (Å²) in [5.41, 5.74) is 6.73. The molecule has 0 aromatic carbocycles. The molecule has 8 heteroatoms. The lowest BCUT2D eigenvalue weighted by atomic mass is 9.78. The summed E-state index contributed by atoms with van der Waals surface area (Å²) in [5.74, 6) is 0.737. The number of nitrogens with two attached hydrogens (primary N) is 1. The number of aryl methyl sites for hydroxylation is 1. The Labute approximate surface area is 125 Å². The fraction of sp³-hybridized carbons (Fsp3) is 0.750. The van der Waals surface area contributed by atoms with E-state index in [1.165, 1.54) is 6.20 Å². The molecule has 6 nitrogen and oxygen atoms in total. The summed E-state index contributed by atoms with van der Waals surface area (Å²) in [6.45, 7) is 2.89. The number of aromatic amines is 1. The van der Waals surface area contributed by atoms with Crippen LogP contribution in [0.1, 0.15) is 25.0 Å². The average Bonchev–Trinajstić information content (AvgIpc) is 2.96. The number of fused-ring (bicyclic) bond motifs is 1. The fourth-order valence-corrected chi connectivity index (χ4v) is 5.06. The van der Waals surface area contributed by atoms with Gasteiger partial charge in [-0.3, -0.25) is 5.10 Å². The van der Waals surface area contributed by atoms with Crippen LogP contribution in [0.4, 0.5) is 0 Å². The molecular formula is C12H21ClN4O2S. The zero-order chi connectivity index (χ0) is 13.6. The molecule has 3 atom stereocenters. The van der Waals surface area contributed by atoms with Gasteiger partial charge in [0.2, 0.25) is 10.0 Å². The standard InChI is InChI=1S/C12H20N4O2S.ClH/c1-8-12(5-14-15-8)19(17,18)16-6-9-3-2-4-11(13)10(9)7-16;/h5,9-11H,2-4,6-7,13H2,1H3,(H,14,15);1H. The van der Waals surface area contributed by atoms with Gasteiger partial charge in [0.05, 0.1) is 11.9 Å². The van der Waals surface area contributed by atoms with Gasteiger partial charge >= 0.3 is 0 Å². The summed E-state index contributed by atoms with van der Waals surface area (Å²) in [6, 6.07) is 0.143. The first-order valence-electron chi connectivity index (χ1n) is 6.76. The van der Waals surface area contributed by atoms with Gasteiger partial charge in [0.1, 0.15) is 4.90 Å².